The molecule has 1 aromatic heterocycles. The molecular weight excluding hydrogens is 495 g/mol. The molecule has 5 rings (SSSR count). The zero-order chi connectivity index (χ0) is 26.4. The van der Waals surface area contributed by atoms with E-state index >= 15 is 0 Å². The van der Waals surface area contributed by atoms with Gasteiger partial charge in [-0.1, -0.05) is 24.3 Å². The summed E-state index contributed by atoms with van der Waals surface area (Å²) in [7, 11) is 1.18. The third-order valence-corrected chi connectivity index (χ3v) is 6.50. The van der Waals surface area contributed by atoms with E-state index in [0.29, 0.717) is 30.5 Å². The van der Waals surface area contributed by atoms with Gasteiger partial charge in [0.25, 0.3) is 5.91 Å². The molecule has 13 heteroatoms. The molecule has 0 spiro atoms. The summed E-state index contributed by atoms with van der Waals surface area (Å²) in [5, 5.41) is 5.56. The van der Waals surface area contributed by atoms with Gasteiger partial charge in [0.1, 0.15) is 0 Å². The molecule has 3 aromatic rings. The quantitative estimate of drug-likeness (QED) is 0.444. The zero-order valence-corrected chi connectivity index (χ0v) is 19.5. The molecular formula is C24H22F3N5O5. The highest BCUT2D eigenvalue weighted by atomic mass is 19.4. The molecule has 0 radical (unpaired) electrons. The van der Waals surface area contributed by atoms with Crippen LogP contribution in [0.15, 0.2) is 42.5 Å². The number of aromatic nitrogens is 2. The molecule has 0 bridgehead atoms. The molecule has 3 N–H and O–H groups in total. The van der Waals surface area contributed by atoms with E-state index in [1.165, 1.54) is 42.3 Å². The fraction of sp³-hybridized carbons (Fsp3) is 0.333. The van der Waals surface area contributed by atoms with Crippen molar-refractivity contribution in [1.82, 2.24) is 20.2 Å². The fourth-order valence-corrected chi connectivity index (χ4v) is 4.84. The highest BCUT2D eigenvalue weighted by Gasteiger charge is 2.58. The van der Waals surface area contributed by atoms with Crippen molar-refractivity contribution in [2.45, 2.75) is 18.3 Å². The number of imidazole rings is 1. The Kier molecular flexibility index (Phi) is 6.02. The van der Waals surface area contributed by atoms with Gasteiger partial charge < -0.3 is 19.8 Å². The largest absolute Gasteiger partial charge is 0.491 e. The van der Waals surface area contributed by atoms with Gasteiger partial charge in [0.05, 0.1) is 18.1 Å². The molecule has 2 aliphatic rings. The van der Waals surface area contributed by atoms with E-state index in [4.69, 9.17) is 4.74 Å². The summed E-state index contributed by atoms with van der Waals surface area (Å²) in [6.45, 7) is 1.32. The molecule has 2 aliphatic heterocycles. The van der Waals surface area contributed by atoms with Crippen molar-refractivity contribution in [3.05, 3.63) is 59.2 Å². The summed E-state index contributed by atoms with van der Waals surface area (Å²) in [5.41, 5.74) is -1.12. The molecule has 0 aliphatic carbocycles. The van der Waals surface area contributed by atoms with Gasteiger partial charge in [-0.3, -0.25) is 15.0 Å². The van der Waals surface area contributed by atoms with E-state index in [1.807, 2.05) is 0 Å². The number of hydrogen-bond donors (Lipinski definition) is 3. The van der Waals surface area contributed by atoms with E-state index in [9.17, 15) is 27.6 Å². The lowest BCUT2D eigenvalue weighted by molar-refractivity contribution is -0.222. The first kappa shape index (κ1) is 24.6. The van der Waals surface area contributed by atoms with Crippen molar-refractivity contribution < 1.29 is 37.0 Å². The number of alkyl halides is 3. The van der Waals surface area contributed by atoms with Crippen LogP contribution in [0.3, 0.4) is 0 Å². The summed E-state index contributed by atoms with van der Waals surface area (Å²) in [6, 6.07) is 10.5. The second-order valence-electron chi connectivity index (χ2n) is 8.79. The number of anilines is 1. The molecule has 3 heterocycles. The average molecular weight is 517 g/mol. The van der Waals surface area contributed by atoms with Crippen molar-refractivity contribution in [1.29, 1.82) is 0 Å². The van der Waals surface area contributed by atoms with Gasteiger partial charge in [0.15, 0.2) is 0 Å². The van der Waals surface area contributed by atoms with Crippen LogP contribution in [0.1, 0.15) is 27.9 Å². The lowest BCUT2D eigenvalue weighted by atomic mass is 9.92. The molecule has 1 fully saturated rings. The summed E-state index contributed by atoms with van der Waals surface area (Å²) in [4.78, 5) is 45.8. The van der Waals surface area contributed by atoms with Gasteiger partial charge in [0, 0.05) is 23.2 Å². The van der Waals surface area contributed by atoms with Crippen LogP contribution >= 0.6 is 0 Å². The van der Waals surface area contributed by atoms with E-state index < -0.39 is 29.9 Å². The predicted molar refractivity (Wildman–Crippen MR) is 124 cm³/mol. The Morgan fingerprint density at radius 3 is 2.73 bits per heavy atom. The van der Waals surface area contributed by atoms with Crippen LogP contribution in [0.2, 0.25) is 0 Å². The maximum Gasteiger partial charge on any atom is 0.491 e. The number of methoxy groups -OCH3 is 1. The number of esters is 1. The van der Waals surface area contributed by atoms with Gasteiger partial charge in [-0.05, 0) is 43.6 Å². The molecule has 2 unspecified atom stereocenters. The normalized spacial score (nSPS) is 21.2. The first-order valence-corrected chi connectivity index (χ1v) is 11.4. The molecule has 1 saturated heterocycles. The second kappa shape index (κ2) is 9.07. The van der Waals surface area contributed by atoms with E-state index in [0.717, 1.165) is 0 Å². The minimum Gasteiger partial charge on any atom is -0.453 e. The van der Waals surface area contributed by atoms with Gasteiger partial charge >= 0.3 is 18.2 Å². The minimum atomic E-state index is -5.30. The van der Waals surface area contributed by atoms with Crippen molar-refractivity contribution in [3.8, 4) is 0 Å². The molecule has 2 aromatic carbocycles. The van der Waals surface area contributed by atoms with Crippen molar-refractivity contribution in [2.24, 2.45) is 5.92 Å². The van der Waals surface area contributed by atoms with Gasteiger partial charge in [0.2, 0.25) is 11.7 Å². The number of ether oxygens (including phenoxy) is 2. The standard InChI is InChI=1S/C24H22F3N5O5/c1-36-22(35)31-21-29-17-7-6-14(10-18(17)30-21)23(37-20(34)24(25,26)27)16-5-3-2-4-15(16)19(33)32(23)12-13-8-9-28-11-13/h2-7,10,13,28H,8-9,11-12H2,1H3,(H2,29,30,31,35). The number of fused-ring (bicyclic) bond motifs is 2. The number of halogens is 3. The van der Waals surface area contributed by atoms with Crippen LogP contribution in [0.25, 0.3) is 11.0 Å². The minimum absolute atomic E-state index is 0.0390. The predicted octanol–water partition coefficient (Wildman–Crippen LogP) is 3.11. The number of rotatable bonds is 5. The van der Waals surface area contributed by atoms with Crippen LogP contribution in [0.5, 0.6) is 0 Å². The maximum atomic E-state index is 13.6. The van der Waals surface area contributed by atoms with Crippen LogP contribution in [0.4, 0.5) is 23.9 Å². The molecule has 37 heavy (non-hydrogen) atoms. The first-order valence-electron chi connectivity index (χ1n) is 11.4. The molecule has 10 nitrogen and oxygen atoms in total. The Hall–Kier alpha value is -4.13. The fourth-order valence-electron chi connectivity index (χ4n) is 4.84. The number of nitrogens with one attached hydrogen (secondary N) is 3. The lowest BCUT2D eigenvalue weighted by Crippen LogP contribution is -2.51. The van der Waals surface area contributed by atoms with Crippen LogP contribution < -0.4 is 10.6 Å². The number of hydrogen-bond acceptors (Lipinski definition) is 7. The molecule has 194 valence electrons. The summed E-state index contributed by atoms with van der Waals surface area (Å²) in [5.74, 6) is -2.99. The monoisotopic (exact) mass is 517 g/mol. The highest BCUT2D eigenvalue weighted by molar-refractivity contribution is 6.01. The highest BCUT2D eigenvalue weighted by Crippen LogP contribution is 2.47. The Balaban J connectivity index is 1.69. The third-order valence-electron chi connectivity index (χ3n) is 6.50. The smallest absolute Gasteiger partial charge is 0.453 e. The van der Waals surface area contributed by atoms with Crippen molar-refractivity contribution in [3.63, 3.8) is 0 Å². The van der Waals surface area contributed by atoms with Crippen LogP contribution in [-0.4, -0.2) is 65.8 Å². The van der Waals surface area contributed by atoms with Gasteiger partial charge in [-0.25, -0.2) is 14.6 Å². The number of amides is 2. The Morgan fingerprint density at radius 1 is 1.24 bits per heavy atom. The topological polar surface area (TPSA) is 126 Å². The summed E-state index contributed by atoms with van der Waals surface area (Å²) in [6.07, 6.45) is -5.38. The van der Waals surface area contributed by atoms with Gasteiger partial charge in [-0.2, -0.15) is 13.2 Å². The first-order chi connectivity index (χ1) is 17.6. The molecule has 2 amide bonds. The van der Waals surface area contributed by atoms with E-state index in [-0.39, 0.29) is 35.1 Å². The number of benzene rings is 2. The average Bonchev–Trinajstić information content (AvgIpc) is 3.58. The Bertz CT molecular complexity index is 1380. The van der Waals surface area contributed by atoms with E-state index in [1.54, 1.807) is 12.1 Å². The maximum absolute atomic E-state index is 13.6. The molecule has 2 atom stereocenters. The number of carbonyl (C=O) groups is 3. The van der Waals surface area contributed by atoms with Crippen molar-refractivity contribution >= 4 is 35.0 Å². The summed E-state index contributed by atoms with van der Waals surface area (Å²) >= 11 is 0. The van der Waals surface area contributed by atoms with Crippen molar-refractivity contribution in [2.75, 3.05) is 32.1 Å². The number of aromatic amines is 1. The van der Waals surface area contributed by atoms with Crippen LogP contribution in [-0.2, 0) is 20.0 Å². The summed E-state index contributed by atoms with van der Waals surface area (Å²) < 4.78 is 50.5. The van der Waals surface area contributed by atoms with E-state index in [2.05, 4.69) is 25.3 Å². The number of carbonyl (C=O) groups excluding carboxylic acids is 3. The van der Waals surface area contributed by atoms with Gasteiger partial charge in [-0.15, -0.1) is 0 Å². The number of H-pyrrole nitrogens is 1. The second-order valence-corrected chi connectivity index (χ2v) is 8.79. The van der Waals surface area contributed by atoms with Crippen LogP contribution in [0, 0.1) is 5.92 Å². The Morgan fingerprint density at radius 2 is 2.03 bits per heavy atom. The SMILES string of the molecule is COC(=O)Nc1nc2ccc(C3(OC(=O)C(F)(F)F)c4ccccc4C(=O)N3CC3CCNC3)cc2[nH]1. The zero-order valence-electron chi connectivity index (χ0n) is 19.5. The molecule has 0 saturated carbocycles. The lowest BCUT2D eigenvalue weighted by Gasteiger charge is -2.40. The Labute approximate surface area is 208 Å². The third kappa shape index (κ3) is 4.24. The number of nitrogens with zero attached hydrogens (tertiary/aromatic N) is 2.